The summed E-state index contributed by atoms with van der Waals surface area (Å²) in [6.07, 6.45) is 1.15. The molecule has 4 heteroatoms. The SMILES string of the molecule is CC(C)CC(C)N(C)c1ccc(Cl)c(CNC(C)C)n1. The summed E-state index contributed by atoms with van der Waals surface area (Å²) >= 11 is 6.23. The van der Waals surface area contributed by atoms with Gasteiger partial charge >= 0.3 is 0 Å². The Balaban J connectivity index is 2.82. The molecule has 0 aliphatic heterocycles. The Hall–Kier alpha value is -0.800. The van der Waals surface area contributed by atoms with Crippen LogP contribution in [-0.2, 0) is 6.54 Å². The zero-order valence-electron chi connectivity index (χ0n) is 13.6. The lowest BCUT2D eigenvalue weighted by Crippen LogP contribution is -2.31. The van der Waals surface area contributed by atoms with Crippen molar-refractivity contribution in [3.8, 4) is 0 Å². The van der Waals surface area contributed by atoms with E-state index in [9.17, 15) is 0 Å². The number of aromatic nitrogens is 1. The molecule has 0 bridgehead atoms. The number of rotatable bonds is 7. The standard InChI is InChI=1S/C16H28ClN3/c1-11(2)9-13(5)20(6)16-8-7-14(17)15(19-16)10-18-12(3)4/h7-8,11-13,18H,9-10H2,1-6H3. The highest BCUT2D eigenvalue weighted by Crippen LogP contribution is 2.21. The molecule has 1 rings (SSSR count). The molecule has 0 aliphatic rings. The molecule has 1 unspecified atom stereocenters. The van der Waals surface area contributed by atoms with E-state index in [2.05, 4.69) is 51.9 Å². The lowest BCUT2D eigenvalue weighted by atomic mass is 10.0. The highest BCUT2D eigenvalue weighted by molar-refractivity contribution is 6.31. The van der Waals surface area contributed by atoms with E-state index in [0.717, 1.165) is 23.0 Å². The number of hydrogen-bond acceptors (Lipinski definition) is 3. The number of hydrogen-bond donors (Lipinski definition) is 1. The third kappa shape index (κ3) is 5.29. The molecule has 1 aromatic heterocycles. The number of pyridine rings is 1. The summed E-state index contributed by atoms with van der Waals surface area (Å²) < 4.78 is 0. The first-order valence-electron chi connectivity index (χ1n) is 7.42. The van der Waals surface area contributed by atoms with Gasteiger partial charge in [0, 0.05) is 25.7 Å². The minimum absolute atomic E-state index is 0.425. The van der Waals surface area contributed by atoms with E-state index >= 15 is 0 Å². The maximum atomic E-state index is 6.23. The molecule has 3 nitrogen and oxygen atoms in total. The van der Waals surface area contributed by atoms with E-state index in [-0.39, 0.29) is 0 Å². The van der Waals surface area contributed by atoms with Gasteiger partial charge in [-0.3, -0.25) is 0 Å². The smallest absolute Gasteiger partial charge is 0.128 e. The summed E-state index contributed by atoms with van der Waals surface area (Å²) in [5.74, 6) is 1.67. The van der Waals surface area contributed by atoms with Crippen molar-refractivity contribution in [1.82, 2.24) is 10.3 Å². The van der Waals surface area contributed by atoms with Crippen LogP contribution in [0.3, 0.4) is 0 Å². The molecule has 1 atom stereocenters. The normalized spacial score (nSPS) is 13.1. The lowest BCUT2D eigenvalue weighted by Gasteiger charge is -2.28. The van der Waals surface area contributed by atoms with E-state index in [4.69, 9.17) is 16.6 Å². The fourth-order valence-corrected chi connectivity index (χ4v) is 2.33. The fraction of sp³-hybridized carbons (Fsp3) is 0.688. The molecule has 0 fully saturated rings. The molecule has 0 saturated carbocycles. The Kier molecular flexibility index (Phi) is 6.77. The van der Waals surface area contributed by atoms with Crippen LogP contribution in [0.5, 0.6) is 0 Å². The molecule has 0 radical (unpaired) electrons. The zero-order valence-corrected chi connectivity index (χ0v) is 14.3. The van der Waals surface area contributed by atoms with Crippen LogP contribution in [0.1, 0.15) is 46.7 Å². The van der Waals surface area contributed by atoms with Gasteiger partial charge in [0.2, 0.25) is 0 Å². The van der Waals surface area contributed by atoms with Gasteiger partial charge in [0.15, 0.2) is 0 Å². The topological polar surface area (TPSA) is 28.2 Å². The Bertz CT molecular complexity index is 418. The Labute approximate surface area is 128 Å². The van der Waals surface area contributed by atoms with Crippen LogP contribution in [0.4, 0.5) is 5.82 Å². The first kappa shape index (κ1) is 17.3. The van der Waals surface area contributed by atoms with E-state index in [1.54, 1.807) is 0 Å². The van der Waals surface area contributed by atoms with Crippen LogP contribution in [0.15, 0.2) is 12.1 Å². The number of nitrogens with one attached hydrogen (secondary N) is 1. The summed E-state index contributed by atoms with van der Waals surface area (Å²) in [6, 6.07) is 4.83. The van der Waals surface area contributed by atoms with Gasteiger partial charge in [-0.15, -0.1) is 0 Å². The predicted octanol–water partition coefficient (Wildman–Crippen LogP) is 4.10. The monoisotopic (exact) mass is 297 g/mol. The van der Waals surface area contributed by atoms with Gasteiger partial charge in [0.1, 0.15) is 5.82 Å². The van der Waals surface area contributed by atoms with E-state index < -0.39 is 0 Å². The predicted molar refractivity (Wildman–Crippen MR) is 88.5 cm³/mol. The van der Waals surface area contributed by atoms with Crippen molar-refractivity contribution >= 4 is 17.4 Å². The molecule has 0 saturated heterocycles. The van der Waals surface area contributed by atoms with Crippen molar-refractivity contribution in [2.24, 2.45) is 5.92 Å². The average Bonchev–Trinajstić information content (AvgIpc) is 2.36. The van der Waals surface area contributed by atoms with Crippen LogP contribution in [0.2, 0.25) is 5.02 Å². The summed E-state index contributed by atoms with van der Waals surface area (Å²) in [6.45, 7) is 11.7. The van der Waals surface area contributed by atoms with Crippen molar-refractivity contribution < 1.29 is 0 Å². The summed E-state index contributed by atoms with van der Waals surface area (Å²) in [5.41, 5.74) is 0.918. The summed E-state index contributed by atoms with van der Waals surface area (Å²) in [5, 5.41) is 4.09. The minimum atomic E-state index is 0.425. The quantitative estimate of drug-likeness (QED) is 0.821. The molecule has 114 valence electrons. The second-order valence-corrected chi connectivity index (χ2v) is 6.63. The maximum Gasteiger partial charge on any atom is 0.128 e. The van der Waals surface area contributed by atoms with Gasteiger partial charge in [0.05, 0.1) is 10.7 Å². The van der Waals surface area contributed by atoms with Crippen LogP contribution in [0, 0.1) is 5.92 Å². The Morgan fingerprint density at radius 3 is 2.40 bits per heavy atom. The first-order chi connectivity index (χ1) is 9.31. The van der Waals surface area contributed by atoms with Gasteiger partial charge in [-0.2, -0.15) is 0 Å². The lowest BCUT2D eigenvalue weighted by molar-refractivity contribution is 0.501. The van der Waals surface area contributed by atoms with Gasteiger partial charge in [0.25, 0.3) is 0 Å². The Morgan fingerprint density at radius 1 is 1.20 bits per heavy atom. The molecule has 0 amide bonds. The van der Waals surface area contributed by atoms with Crippen LogP contribution >= 0.6 is 11.6 Å². The molecule has 1 aromatic rings. The molecule has 20 heavy (non-hydrogen) atoms. The van der Waals surface area contributed by atoms with Gasteiger partial charge in [-0.05, 0) is 31.4 Å². The number of anilines is 1. The highest BCUT2D eigenvalue weighted by atomic mass is 35.5. The molecule has 0 aliphatic carbocycles. The summed E-state index contributed by atoms with van der Waals surface area (Å²) in [4.78, 5) is 6.94. The van der Waals surface area contributed by atoms with Gasteiger partial charge in [-0.1, -0.05) is 39.3 Å². The minimum Gasteiger partial charge on any atom is -0.357 e. The van der Waals surface area contributed by atoms with Crippen molar-refractivity contribution in [2.45, 2.75) is 59.7 Å². The molecule has 1 heterocycles. The molecular formula is C16H28ClN3. The Morgan fingerprint density at radius 2 is 1.85 bits per heavy atom. The molecule has 0 aromatic carbocycles. The average molecular weight is 298 g/mol. The van der Waals surface area contributed by atoms with Crippen molar-refractivity contribution in [3.05, 3.63) is 22.8 Å². The molecule has 1 N–H and O–H groups in total. The van der Waals surface area contributed by atoms with Crippen LogP contribution in [-0.4, -0.2) is 24.1 Å². The maximum absolute atomic E-state index is 6.23. The van der Waals surface area contributed by atoms with Gasteiger partial charge < -0.3 is 10.2 Å². The van der Waals surface area contributed by atoms with Crippen molar-refractivity contribution in [2.75, 3.05) is 11.9 Å². The van der Waals surface area contributed by atoms with E-state index in [1.165, 1.54) is 0 Å². The van der Waals surface area contributed by atoms with Crippen LogP contribution in [0.25, 0.3) is 0 Å². The van der Waals surface area contributed by atoms with E-state index in [1.807, 2.05) is 12.1 Å². The van der Waals surface area contributed by atoms with Crippen molar-refractivity contribution in [3.63, 3.8) is 0 Å². The molecule has 0 spiro atoms. The van der Waals surface area contributed by atoms with E-state index in [0.29, 0.717) is 24.5 Å². The highest BCUT2D eigenvalue weighted by Gasteiger charge is 2.14. The van der Waals surface area contributed by atoms with Crippen LogP contribution < -0.4 is 10.2 Å². The molecular weight excluding hydrogens is 270 g/mol. The first-order valence-corrected chi connectivity index (χ1v) is 7.80. The number of nitrogens with zero attached hydrogens (tertiary/aromatic N) is 2. The zero-order chi connectivity index (χ0) is 15.3. The summed E-state index contributed by atoms with van der Waals surface area (Å²) in [7, 11) is 2.10. The fourth-order valence-electron chi connectivity index (χ4n) is 2.16. The largest absolute Gasteiger partial charge is 0.357 e. The van der Waals surface area contributed by atoms with Crippen molar-refractivity contribution in [1.29, 1.82) is 0 Å². The third-order valence-corrected chi connectivity index (χ3v) is 3.76. The third-order valence-electron chi connectivity index (χ3n) is 3.42. The second kappa shape index (κ2) is 7.84. The van der Waals surface area contributed by atoms with Gasteiger partial charge in [-0.25, -0.2) is 4.98 Å². The second-order valence-electron chi connectivity index (χ2n) is 6.22. The number of halogens is 1.